The van der Waals surface area contributed by atoms with Gasteiger partial charge in [0.15, 0.2) is 11.5 Å². The molecular weight excluding hydrogens is 277 g/mol. The quantitative estimate of drug-likeness (QED) is 0.864. The first-order valence-electron chi connectivity index (χ1n) is 7.88. The van der Waals surface area contributed by atoms with E-state index in [0.29, 0.717) is 6.42 Å². The SMILES string of the molecule is [B]C1CC(O)C2N(C)CC[C@]2(c2ccc(OC)c(OC)c2)C1. The van der Waals surface area contributed by atoms with E-state index in [9.17, 15) is 5.11 Å². The average molecular weight is 301 g/mol. The van der Waals surface area contributed by atoms with Gasteiger partial charge in [0.1, 0.15) is 0 Å². The minimum Gasteiger partial charge on any atom is -0.493 e. The molecule has 0 spiro atoms. The van der Waals surface area contributed by atoms with E-state index < -0.39 is 0 Å². The first-order chi connectivity index (χ1) is 10.5. The number of methoxy groups -OCH3 is 2. The fraction of sp³-hybridized carbons (Fsp3) is 0.647. The standard InChI is InChI=1S/C17H24BNO3/c1-19-7-6-17(10-12(18)9-13(20)16(17)19)11-4-5-14(21-2)15(8-11)22-3/h4-5,8,12-13,16,20H,6-7,9-10H2,1-3H3/t12?,13?,16?,17-/m1/s1. The van der Waals surface area contributed by atoms with Gasteiger partial charge in [0.25, 0.3) is 0 Å². The van der Waals surface area contributed by atoms with Crippen molar-refractivity contribution in [1.82, 2.24) is 4.90 Å². The zero-order valence-electron chi connectivity index (χ0n) is 13.6. The minimum absolute atomic E-state index is 0.0332. The maximum absolute atomic E-state index is 10.6. The first-order valence-corrected chi connectivity index (χ1v) is 7.88. The van der Waals surface area contributed by atoms with E-state index in [1.807, 2.05) is 6.07 Å². The minimum atomic E-state index is -0.385. The van der Waals surface area contributed by atoms with E-state index >= 15 is 0 Å². The molecule has 3 rings (SSSR count). The van der Waals surface area contributed by atoms with Crippen molar-refractivity contribution in [2.75, 3.05) is 27.8 Å². The lowest BCUT2D eigenvalue weighted by Crippen LogP contribution is -2.53. The normalized spacial score (nSPS) is 35.2. The molecule has 1 saturated carbocycles. The summed E-state index contributed by atoms with van der Waals surface area (Å²) in [6.45, 7) is 0.975. The molecule has 118 valence electrons. The Balaban J connectivity index is 2.07. The van der Waals surface area contributed by atoms with Crippen molar-refractivity contribution < 1.29 is 14.6 Å². The second kappa shape index (κ2) is 5.78. The fourth-order valence-corrected chi connectivity index (χ4v) is 4.54. The highest BCUT2D eigenvalue weighted by molar-refractivity contribution is 6.11. The Morgan fingerprint density at radius 3 is 2.68 bits per heavy atom. The molecule has 1 aromatic carbocycles. The Labute approximate surface area is 133 Å². The number of likely N-dealkylation sites (N-methyl/N-ethyl adjacent to an activating group) is 1. The van der Waals surface area contributed by atoms with Crippen LogP contribution in [0.2, 0.25) is 5.82 Å². The highest BCUT2D eigenvalue weighted by Gasteiger charge is 2.53. The van der Waals surface area contributed by atoms with Gasteiger partial charge in [-0.15, -0.1) is 0 Å². The maximum atomic E-state index is 10.6. The Morgan fingerprint density at radius 1 is 1.27 bits per heavy atom. The number of hydrogen-bond donors (Lipinski definition) is 1. The Bertz CT molecular complexity index is 553. The predicted octanol–water partition coefficient (Wildman–Crippen LogP) is 1.76. The molecule has 0 amide bonds. The Kier molecular flexibility index (Phi) is 4.12. The van der Waals surface area contributed by atoms with Gasteiger partial charge in [0.05, 0.1) is 28.2 Å². The van der Waals surface area contributed by atoms with Crippen LogP contribution in [0.15, 0.2) is 18.2 Å². The molecule has 5 heteroatoms. The number of benzene rings is 1. The van der Waals surface area contributed by atoms with Gasteiger partial charge in [-0.2, -0.15) is 0 Å². The summed E-state index contributed by atoms with van der Waals surface area (Å²) in [6.07, 6.45) is 2.19. The predicted molar refractivity (Wildman–Crippen MR) is 87.0 cm³/mol. The highest BCUT2D eigenvalue weighted by atomic mass is 16.5. The summed E-state index contributed by atoms with van der Waals surface area (Å²) in [4.78, 5) is 2.27. The topological polar surface area (TPSA) is 41.9 Å². The van der Waals surface area contributed by atoms with Crippen LogP contribution in [0.4, 0.5) is 0 Å². The molecule has 1 aromatic rings. The van der Waals surface area contributed by atoms with Crippen LogP contribution in [-0.2, 0) is 5.41 Å². The third kappa shape index (κ3) is 2.31. The van der Waals surface area contributed by atoms with Crippen molar-refractivity contribution in [3.05, 3.63) is 23.8 Å². The van der Waals surface area contributed by atoms with Crippen molar-refractivity contribution in [2.45, 2.75) is 42.6 Å². The second-order valence-electron chi connectivity index (χ2n) is 6.67. The molecule has 1 aliphatic carbocycles. The second-order valence-corrected chi connectivity index (χ2v) is 6.67. The number of rotatable bonds is 3. The van der Waals surface area contributed by atoms with E-state index in [1.165, 1.54) is 5.56 Å². The molecule has 2 aliphatic rings. The number of fused-ring (bicyclic) bond motifs is 1. The van der Waals surface area contributed by atoms with Gasteiger partial charge < -0.3 is 14.6 Å². The van der Waals surface area contributed by atoms with Crippen LogP contribution in [0.5, 0.6) is 11.5 Å². The molecule has 22 heavy (non-hydrogen) atoms. The smallest absolute Gasteiger partial charge is 0.161 e. The summed E-state index contributed by atoms with van der Waals surface area (Å²) in [5.41, 5.74) is 1.08. The number of aliphatic hydroxyl groups excluding tert-OH is 1. The molecule has 0 bridgehead atoms. The summed E-state index contributed by atoms with van der Waals surface area (Å²) in [5.74, 6) is 1.49. The monoisotopic (exact) mass is 301 g/mol. The summed E-state index contributed by atoms with van der Waals surface area (Å²) in [6, 6.07) is 6.21. The molecular formula is C17H24BNO3. The molecule has 2 radical (unpaired) electrons. The van der Waals surface area contributed by atoms with Crippen LogP contribution in [0.1, 0.15) is 24.8 Å². The van der Waals surface area contributed by atoms with Gasteiger partial charge in [-0.3, -0.25) is 4.90 Å². The van der Waals surface area contributed by atoms with E-state index in [1.54, 1.807) is 14.2 Å². The Morgan fingerprint density at radius 2 is 2.00 bits per heavy atom. The molecule has 1 saturated heterocycles. The van der Waals surface area contributed by atoms with Crippen molar-refractivity contribution in [3.8, 4) is 11.5 Å². The third-order valence-electron chi connectivity index (χ3n) is 5.45. The summed E-state index contributed by atoms with van der Waals surface area (Å²) in [5, 5.41) is 10.6. The van der Waals surface area contributed by atoms with Gasteiger partial charge >= 0.3 is 0 Å². The molecule has 1 aliphatic heterocycles. The first kappa shape index (κ1) is 15.7. The van der Waals surface area contributed by atoms with Crippen LogP contribution in [0.3, 0.4) is 0 Å². The van der Waals surface area contributed by atoms with Crippen LogP contribution in [0.25, 0.3) is 0 Å². The molecule has 1 heterocycles. The lowest BCUT2D eigenvalue weighted by molar-refractivity contribution is 0.0200. The molecule has 2 fully saturated rings. The number of ether oxygens (including phenoxy) is 2. The van der Waals surface area contributed by atoms with Gasteiger partial charge in [0.2, 0.25) is 0 Å². The zero-order chi connectivity index (χ0) is 15.9. The van der Waals surface area contributed by atoms with Crippen LogP contribution < -0.4 is 9.47 Å². The Hall–Kier alpha value is -1.20. The zero-order valence-corrected chi connectivity index (χ0v) is 13.6. The summed E-state index contributed by atoms with van der Waals surface area (Å²) >= 11 is 0. The van der Waals surface area contributed by atoms with Gasteiger partial charge in [-0.25, -0.2) is 0 Å². The van der Waals surface area contributed by atoms with Gasteiger partial charge in [-0.05, 0) is 50.6 Å². The summed E-state index contributed by atoms with van der Waals surface area (Å²) in [7, 11) is 11.6. The maximum Gasteiger partial charge on any atom is 0.161 e. The van der Waals surface area contributed by atoms with Crippen LogP contribution in [-0.4, -0.2) is 57.8 Å². The number of hydrogen-bond acceptors (Lipinski definition) is 4. The van der Waals surface area contributed by atoms with Gasteiger partial charge in [-0.1, -0.05) is 11.9 Å². The van der Waals surface area contributed by atoms with Crippen LogP contribution in [0, 0.1) is 0 Å². The molecule has 0 aromatic heterocycles. The fourth-order valence-electron chi connectivity index (χ4n) is 4.54. The van der Waals surface area contributed by atoms with E-state index in [2.05, 4.69) is 24.1 Å². The van der Waals surface area contributed by atoms with E-state index in [4.69, 9.17) is 17.3 Å². The molecule has 1 N–H and O–H groups in total. The lowest BCUT2D eigenvalue weighted by atomic mass is 9.57. The van der Waals surface area contributed by atoms with Crippen molar-refractivity contribution >= 4 is 7.85 Å². The molecule has 4 atom stereocenters. The van der Waals surface area contributed by atoms with Crippen molar-refractivity contribution in [3.63, 3.8) is 0 Å². The number of likely N-dealkylation sites (tertiary alicyclic amines) is 1. The van der Waals surface area contributed by atoms with E-state index in [0.717, 1.165) is 30.9 Å². The van der Waals surface area contributed by atoms with Crippen LogP contribution >= 0.6 is 0 Å². The lowest BCUT2D eigenvalue weighted by Gasteiger charge is -2.47. The van der Waals surface area contributed by atoms with Crippen molar-refractivity contribution in [2.24, 2.45) is 0 Å². The highest BCUT2D eigenvalue weighted by Crippen LogP contribution is 2.52. The average Bonchev–Trinajstić information content (AvgIpc) is 2.84. The molecule has 3 unspecified atom stereocenters. The number of aliphatic hydroxyl groups is 1. The molecule has 4 nitrogen and oxygen atoms in total. The van der Waals surface area contributed by atoms with Gasteiger partial charge in [0, 0.05) is 11.5 Å². The largest absolute Gasteiger partial charge is 0.493 e. The van der Waals surface area contributed by atoms with Crippen molar-refractivity contribution in [1.29, 1.82) is 0 Å². The number of nitrogens with zero attached hydrogens (tertiary/aromatic N) is 1. The third-order valence-corrected chi connectivity index (χ3v) is 5.45. The summed E-state index contributed by atoms with van der Waals surface area (Å²) < 4.78 is 10.8. The van der Waals surface area contributed by atoms with E-state index in [-0.39, 0.29) is 23.4 Å².